The minimum Gasteiger partial charge on any atom is -0.435 e. The molecule has 26 heavy (non-hydrogen) atoms. The molecule has 1 aliphatic rings. The number of halogens is 2. The Kier molecular flexibility index (Phi) is 6.14. The van der Waals surface area contributed by atoms with Gasteiger partial charge in [0.25, 0.3) is 0 Å². The van der Waals surface area contributed by atoms with E-state index < -0.39 is 6.61 Å². The molecule has 0 bridgehead atoms. The summed E-state index contributed by atoms with van der Waals surface area (Å²) in [6.07, 6.45) is 5.28. The van der Waals surface area contributed by atoms with Crippen molar-refractivity contribution < 1.29 is 18.3 Å². The molecule has 2 aromatic rings. The first-order chi connectivity index (χ1) is 12.6. The minimum atomic E-state index is -2.85. The van der Waals surface area contributed by atoms with Gasteiger partial charge in [-0.25, -0.2) is 0 Å². The Morgan fingerprint density at radius 3 is 2.77 bits per heavy atom. The van der Waals surface area contributed by atoms with Crippen LogP contribution in [0.3, 0.4) is 0 Å². The third kappa shape index (κ3) is 5.00. The summed E-state index contributed by atoms with van der Waals surface area (Å²) in [7, 11) is 0. The molecule has 1 N–H and O–H groups in total. The number of hydrogen-bond acceptors (Lipinski definition) is 4. The van der Waals surface area contributed by atoms with E-state index in [4.69, 9.17) is 0 Å². The number of hydrogen-bond donors (Lipinski definition) is 1. The Balaban J connectivity index is 1.45. The zero-order valence-electron chi connectivity index (χ0n) is 14.5. The Labute approximate surface area is 150 Å². The number of aromatic nitrogens is 3. The van der Waals surface area contributed by atoms with E-state index in [1.165, 1.54) is 18.6 Å². The molecule has 140 valence electrons. The number of alkyl halides is 2. The molecule has 0 radical (unpaired) electrons. The Hall–Kier alpha value is -2.51. The largest absolute Gasteiger partial charge is 0.435 e. The van der Waals surface area contributed by atoms with Gasteiger partial charge in [-0.15, -0.1) is 10.2 Å². The highest BCUT2D eigenvalue weighted by molar-refractivity contribution is 5.78. The Bertz CT molecular complexity index is 731. The van der Waals surface area contributed by atoms with E-state index >= 15 is 0 Å². The number of nitrogens with one attached hydrogen (secondary N) is 1. The van der Waals surface area contributed by atoms with E-state index in [0.717, 1.165) is 43.0 Å². The van der Waals surface area contributed by atoms with Crippen LogP contribution in [0.15, 0.2) is 24.3 Å². The summed E-state index contributed by atoms with van der Waals surface area (Å²) in [6, 6.07) is 6.08. The topological polar surface area (TPSA) is 69.0 Å². The van der Waals surface area contributed by atoms with Crippen LogP contribution in [-0.2, 0) is 30.6 Å². The van der Waals surface area contributed by atoms with Gasteiger partial charge >= 0.3 is 6.61 Å². The molecule has 1 aromatic heterocycles. The first-order valence-electron chi connectivity index (χ1n) is 8.83. The van der Waals surface area contributed by atoms with E-state index in [-0.39, 0.29) is 18.1 Å². The molecule has 2 heterocycles. The van der Waals surface area contributed by atoms with Gasteiger partial charge in [0.05, 0.1) is 6.42 Å². The molecule has 0 saturated heterocycles. The molecular formula is C18H22F2N4O2. The van der Waals surface area contributed by atoms with Crippen molar-refractivity contribution in [2.24, 2.45) is 0 Å². The van der Waals surface area contributed by atoms with Gasteiger partial charge in [0.1, 0.15) is 17.4 Å². The SMILES string of the molecule is O=C(Cc1ccc(OC(F)F)cc1)NCCc1nnc2n1CCCCC2. The van der Waals surface area contributed by atoms with Crippen LogP contribution < -0.4 is 10.1 Å². The number of nitrogens with zero attached hydrogens (tertiary/aromatic N) is 3. The summed E-state index contributed by atoms with van der Waals surface area (Å²) in [6.45, 7) is -1.42. The predicted molar refractivity (Wildman–Crippen MR) is 91.1 cm³/mol. The van der Waals surface area contributed by atoms with Crippen molar-refractivity contribution in [2.75, 3.05) is 6.54 Å². The zero-order valence-corrected chi connectivity index (χ0v) is 14.5. The maximum atomic E-state index is 12.1. The Morgan fingerprint density at radius 2 is 2.00 bits per heavy atom. The maximum Gasteiger partial charge on any atom is 0.387 e. The summed E-state index contributed by atoms with van der Waals surface area (Å²) in [5, 5.41) is 11.4. The predicted octanol–water partition coefficient (Wildman–Crippen LogP) is 2.51. The molecule has 6 nitrogen and oxygen atoms in total. The number of carbonyl (C=O) groups is 1. The Morgan fingerprint density at radius 1 is 1.19 bits per heavy atom. The van der Waals surface area contributed by atoms with Crippen molar-refractivity contribution in [3.8, 4) is 5.75 Å². The van der Waals surface area contributed by atoms with Gasteiger partial charge in [0.2, 0.25) is 5.91 Å². The average Bonchev–Trinajstić information content (AvgIpc) is 2.83. The van der Waals surface area contributed by atoms with Gasteiger partial charge in [-0.3, -0.25) is 4.79 Å². The normalized spacial score (nSPS) is 14.0. The summed E-state index contributed by atoms with van der Waals surface area (Å²) in [4.78, 5) is 12.0. The third-order valence-corrected chi connectivity index (χ3v) is 4.37. The van der Waals surface area contributed by atoms with Gasteiger partial charge in [-0.1, -0.05) is 18.6 Å². The smallest absolute Gasteiger partial charge is 0.387 e. The second-order valence-corrected chi connectivity index (χ2v) is 6.29. The van der Waals surface area contributed by atoms with Gasteiger partial charge in [-0.05, 0) is 30.5 Å². The van der Waals surface area contributed by atoms with Crippen LogP contribution in [0.25, 0.3) is 0 Å². The van der Waals surface area contributed by atoms with E-state index in [0.29, 0.717) is 13.0 Å². The van der Waals surface area contributed by atoms with E-state index in [9.17, 15) is 13.6 Å². The molecule has 0 unspecified atom stereocenters. The molecular weight excluding hydrogens is 342 g/mol. The van der Waals surface area contributed by atoms with Crippen LogP contribution in [0.5, 0.6) is 5.75 Å². The van der Waals surface area contributed by atoms with Crippen molar-refractivity contribution in [3.05, 3.63) is 41.5 Å². The fourth-order valence-corrected chi connectivity index (χ4v) is 3.08. The molecule has 0 atom stereocenters. The van der Waals surface area contributed by atoms with Gasteiger partial charge in [0.15, 0.2) is 0 Å². The highest BCUT2D eigenvalue weighted by atomic mass is 19.3. The summed E-state index contributed by atoms with van der Waals surface area (Å²) < 4.78 is 30.7. The van der Waals surface area contributed by atoms with Gasteiger partial charge < -0.3 is 14.6 Å². The molecule has 1 amide bonds. The monoisotopic (exact) mass is 364 g/mol. The molecule has 1 aliphatic heterocycles. The number of carbonyl (C=O) groups excluding carboxylic acids is 1. The second-order valence-electron chi connectivity index (χ2n) is 6.29. The van der Waals surface area contributed by atoms with Gasteiger partial charge in [-0.2, -0.15) is 8.78 Å². The molecule has 0 saturated carbocycles. The third-order valence-electron chi connectivity index (χ3n) is 4.37. The average molecular weight is 364 g/mol. The fourth-order valence-electron chi connectivity index (χ4n) is 3.08. The maximum absolute atomic E-state index is 12.1. The summed E-state index contributed by atoms with van der Waals surface area (Å²) in [5.41, 5.74) is 0.737. The van der Waals surface area contributed by atoms with Crippen LogP contribution in [0.2, 0.25) is 0 Å². The van der Waals surface area contributed by atoms with Crippen LogP contribution in [0.4, 0.5) is 8.78 Å². The van der Waals surface area contributed by atoms with Crippen molar-refractivity contribution in [1.82, 2.24) is 20.1 Å². The summed E-state index contributed by atoms with van der Waals surface area (Å²) in [5.74, 6) is 1.91. The lowest BCUT2D eigenvalue weighted by atomic mass is 10.1. The quantitative estimate of drug-likeness (QED) is 0.820. The van der Waals surface area contributed by atoms with Crippen LogP contribution in [0, 0.1) is 0 Å². The van der Waals surface area contributed by atoms with Crippen molar-refractivity contribution in [1.29, 1.82) is 0 Å². The first-order valence-corrected chi connectivity index (χ1v) is 8.83. The molecule has 0 spiro atoms. The standard InChI is InChI=1S/C18H22F2N4O2/c19-18(20)26-14-7-5-13(6-8-14)12-17(25)21-10-9-16-23-22-15-4-2-1-3-11-24(15)16/h5-8,18H,1-4,9-12H2,(H,21,25). The van der Waals surface area contributed by atoms with E-state index in [2.05, 4.69) is 24.8 Å². The molecule has 0 aliphatic carbocycles. The number of ether oxygens (including phenoxy) is 1. The molecule has 1 aromatic carbocycles. The number of aryl methyl sites for hydroxylation is 1. The number of fused-ring (bicyclic) bond motifs is 1. The molecule has 8 heteroatoms. The van der Waals surface area contributed by atoms with E-state index in [1.54, 1.807) is 12.1 Å². The lowest BCUT2D eigenvalue weighted by Gasteiger charge is -2.08. The highest BCUT2D eigenvalue weighted by Crippen LogP contribution is 2.16. The fraction of sp³-hybridized carbons (Fsp3) is 0.500. The van der Waals surface area contributed by atoms with Gasteiger partial charge in [0, 0.05) is 25.9 Å². The van der Waals surface area contributed by atoms with Crippen molar-refractivity contribution >= 4 is 5.91 Å². The first kappa shape index (κ1) is 18.3. The van der Waals surface area contributed by atoms with Crippen LogP contribution in [0.1, 0.15) is 36.5 Å². The van der Waals surface area contributed by atoms with Crippen molar-refractivity contribution in [3.63, 3.8) is 0 Å². The highest BCUT2D eigenvalue weighted by Gasteiger charge is 2.14. The van der Waals surface area contributed by atoms with Crippen LogP contribution >= 0.6 is 0 Å². The number of benzene rings is 1. The lowest BCUT2D eigenvalue weighted by Crippen LogP contribution is -2.28. The molecule has 3 rings (SSSR count). The molecule has 0 fully saturated rings. The van der Waals surface area contributed by atoms with Crippen LogP contribution in [-0.4, -0.2) is 33.8 Å². The second kappa shape index (κ2) is 8.73. The number of amides is 1. The zero-order chi connectivity index (χ0) is 18.4. The lowest BCUT2D eigenvalue weighted by molar-refractivity contribution is -0.120. The van der Waals surface area contributed by atoms with E-state index in [1.807, 2.05) is 0 Å². The number of rotatable bonds is 7. The minimum absolute atomic E-state index is 0.0802. The van der Waals surface area contributed by atoms with Crippen molar-refractivity contribution in [2.45, 2.75) is 51.7 Å². The summed E-state index contributed by atoms with van der Waals surface area (Å²) >= 11 is 0.